The van der Waals surface area contributed by atoms with Gasteiger partial charge in [-0.2, -0.15) is 13.2 Å². The van der Waals surface area contributed by atoms with Gasteiger partial charge in [0.15, 0.2) is 0 Å². The first kappa shape index (κ1) is 22.5. The quantitative estimate of drug-likeness (QED) is 0.308. The van der Waals surface area contributed by atoms with Crippen molar-refractivity contribution >= 4 is 16.9 Å². The average Bonchev–Trinajstić information content (AvgIpc) is 3.15. The van der Waals surface area contributed by atoms with Gasteiger partial charge in [0, 0.05) is 22.6 Å². The van der Waals surface area contributed by atoms with Crippen molar-refractivity contribution in [2.75, 3.05) is 13.2 Å². The molecule has 0 radical (unpaired) electrons. The summed E-state index contributed by atoms with van der Waals surface area (Å²) < 4.78 is 55.8. The molecule has 4 nitrogen and oxygen atoms in total. The lowest BCUT2D eigenvalue weighted by atomic mass is 10.0. The summed E-state index contributed by atoms with van der Waals surface area (Å²) in [6.07, 6.45) is -3.74. The van der Waals surface area contributed by atoms with Crippen LogP contribution in [0.4, 0.5) is 13.2 Å². The summed E-state index contributed by atoms with van der Waals surface area (Å²) in [6, 6.07) is 14.6. The Hall–Kier alpha value is -3.22. The molecule has 164 valence electrons. The number of ether oxygens (including phenoxy) is 2. The van der Waals surface area contributed by atoms with Crippen molar-refractivity contribution in [1.29, 1.82) is 0 Å². The average molecular weight is 432 g/mol. The second-order valence-electron chi connectivity index (χ2n) is 7.25. The second-order valence-corrected chi connectivity index (χ2v) is 7.25. The maximum absolute atomic E-state index is 13.3. The first-order valence-corrected chi connectivity index (χ1v) is 9.83. The summed E-state index contributed by atoms with van der Waals surface area (Å²) in [5.74, 6) is -1.91. The Morgan fingerprint density at radius 1 is 1.13 bits per heavy atom. The van der Waals surface area contributed by atoms with Crippen LogP contribution in [0.15, 0.2) is 65.1 Å². The van der Waals surface area contributed by atoms with E-state index in [1.807, 2.05) is 30.3 Å². The summed E-state index contributed by atoms with van der Waals surface area (Å²) in [5, 5.41) is 0.816. The molecule has 0 aliphatic rings. The molecule has 0 saturated heterocycles. The van der Waals surface area contributed by atoms with Crippen molar-refractivity contribution in [2.24, 2.45) is 5.92 Å². The normalized spacial score (nSPS) is 12.5. The third kappa shape index (κ3) is 5.48. The summed E-state index contributed by atoms with van der Waals surface area (Å²) in [5.41, 5.74) is 2.65. The van der Waals surface area contributed by atoms with E-state index in [0.717, 1.165) is 22.9 Å². The molecule has 31 heavy (non-hydrogen) atoms. The lowest BCUT2D eigenvalue weighted by Gasteiger charge is -2.20. The third-order valence-corrected chi connectivity index (χ3v) is 4.83. The molecule has 3 rings (SSSR count). The van der Waals surface area contributed by atoms with Crippen LogP contribution in [0.5, 0.6) is 5.75 Å². The van der Waals surface area contributed by atoms with E-state index >= 15 is 0 Å². The van der Waals surface area contributed by atoms with E-state index in [-0.39, 0.29) is 11.3 Å². The largest absolute Gasteiger partial charge is 0.493 e. The van der Waals surface area contributed by atoms with Gasteiger partial charge in [-0.25, -0.2) is 4.79 Å². The number of furan rings is 1. The zero-order valence-electron chi connectivity index (χ0n) is 17.3. The highest BCUT2D eigenvalue weighted by Gasteiger charge is 2.41. The number of esters is 1. The number of rotatable bonds is 8. The Bertz CT molecular complexity index is 1080. The Labute approximate surface area is 178 Å². The maximum atomic E-state index is 13.3. The Morgan fingerprint density at radius 3 is 2.55 bits per heavy atom. The van der Waals surface area contributed by atoms with Crippen molar-refractivity contribution < 1.29 is 31.9 Å². The van der Waals surface area contributed by atoms with Gasteiger partial charge < -0.3 is 13.9 Å². The molecule has 1 aromatic heterocycles. The van der Waals surface area contributed by atoms with Crippen LogP contribution in [0.25, 0.3) is 22.3 Å². The fraction of sp³-hybridized carbons (Fsp3) is 0.292. The molecule has 1 unspecified atom stereocenters. The monoisotopic (exact) mass is 432 g/mol. The van der Waals surface area contributed by atoms with Crippen LogP contribution < -0.4 is 4.74 Å². The van der Waals surface area contributed by atoms with Crippen LogP contribution in [0.1, 0.15) is 19.4 Å². The summed E-state index contributed by atoms with van der Waals surface area (Å²) in [6.45, 7) is 5.25. The fourth-order valence-corrected chi connectivity index (χ4v) is 3.04. The molecule has 0 bridgehead atoms. The minimum Gasteiger partial charge on any atom is -0.493 e. The van der Waals surface area contributed by atoms with Crippen molar-refractivity contribution in [3.05, 3.63) is 66.2 Å². The number of hydrogen-bond acceptors (Lipinski definition) is 4. The fourth-order valence-electron chi connectivity index (χ4n) is 3.04. The van der Waals surface area contributed by atoms with Crippen molar-refractivity contribution in [1.82, 2.24) is 0 Å². The van der Waals surface area contributed by atoms with Gasteiger partial charge in [-0.15, -0.1) is 0 Å². The lowest BCUT2D eigenvalue weighted by molar-refractivity contribution is -0.196. The van der Waals surface area contributed by atoms with Crippen LogP contribution in [-0.2, 0) is 16.0 Å². The van der Waals surface area contributed by atoms with E-state index in [9.17, 15) is 18.0 Å². The third-order valence-electron chi connectivity index (χ3n) is 4.83. The molecule has 2 aromatic carbocycles. The molecule has 1 atom stereocenters. The summed E-state index contributed by atoms with van der Waals surface area (Å²) >= 11 is 0. The number of halogens is 3. The second kappa shape index (κ2) is 9.29. The van der Waals surface area contributed by atoms with Crippen LogP contribution in [0.2, 0.25) is 0 Å². The van der Waals surface area contributed by atoms with Gasteiger partial charge in [0.25, 0.3) is 0 Å². The van der Waals surface area contributed by atoms with Gasteiger partial charge in [0.1, 0.15) is 36.2 Å². The zero-order valence-corrected chi connectivity index (χ0v) is 17.3. The molecule has 3 aromatic rings. The lowest BCUT2D eigenvalue weighted by Crippen LogP contribution is -2.33. The van der Waals surface area contributed by atoms with Gasteiger partial charge in [-0.1, -0.05) is 37.8 Å². The predicted molar refractivity (Wildman–Crippen MR) is 112 cm³/mol. The minimum absolute atomic E-state index is 0.0329. The standard InChI is InChI=1S/C24H23F3O4/c1-4-16-7-5-6-8-20(16)22-11-17-9-10-19(12-21(17)31-22)29-13-18(24(25,26)27)14-30-23(28)15(2)3/h5-12,18H,2,4,13-14H2,1,3H3. The van der Waals surface area contributed by atoms with Gasteiger partial charge >= 0.3 is 12.1 Å². The van der Waals surface area contributed by atoms with Crippen molar-refractivity contribution in [2.45, 2.75) is 26.4 Å². The minimum atomic E-state index is -4.58. The number of carbonyl (C=O) groups is 1. The zero-order chi connectivity index (χ0) is 22.6. The van der Waals surface area contributed by atoms with E-state index in [2.05, 4.69) is 18.2 Å². The highest BCUT2D eigenvalue weighted by Crippen LogP contribution is 2.33. The molecule has 0 amide bonds. The first-order valence-electron chi connectivity index (χ1n) is 9.83. The SMILES string of the molecule is C=C(C)C(=O)OCC(COc1ccc2cc(-c3ccccc3CC)oc2c1)C(F)(F)F. The molecule has 0 spiro atoms. The number of hydrogen-bond donors (Lipinski definition) is 0. The molecule has 0 N–H and O–H groups in total. The van der Waals surface area contributed by atoms with E-state index in [4.69, 9.17) is 9.15 Å². The topological polar surface area (TPSA) is 48.7 Å². The van der Waals surface area contributed by atoms with Crippen LogP contribution in [0.3, 0.4) is 0 Å². The molecule has 0 fully saturated rings. The number of benzene rings is 2. The van der Waals surface area contributed by atoms with Crippen LogP contribution in [-0.4, -0.2) is 25.4 Å². The molecule has 0 aliphatic carbocycles. The molecule has 1 heterocycles. The molecule has 7 heteroatoms. The predicted octanol–water partition coefficient (Wildman–Crippen LogP) is 6.34. The molecule has 0 aliphatic heterocycles. The Kier molecular flexibility index (Phi) is 6.73. The van der Waals surface area contributed by atoms with Crippen molar-refractivity contribution in [3.63, 3.8) is 0 Å². The van der Waals surface area contributed by atoms with Gasteiger partial charge in [0.05, 0.1) is 0 Å². The van der Waals surface area contributed by atoms with Gasteiger partial charge in [-0.05, 0) is 37.1 Å². The molecular formula is C24H23F3O4. The van der Waals surface area contributed by atoms with Crippen molar-refractivity contribution in [3.8, 4) is 17.1 Å². The smallest absolute Gasteiger partial charge is 0.398 e. The van der Waals surface area contributed by atoms with E-state index in [1.54, 1.807) is 18.2 Å². The summed E-state index contributed by atoms with van der Waals surface area (Å²) in [4.78, 5) is 11.4. The molecule has 0 saturated carbocycles. The van der Waals surface area contributed by atoms with Crippen LogP contribution >= 0.6 is 0 Å². The maximum Gasteiger partial charge on any atom is 0.398 e. The molecular weight excluding hydrogens is 409 g/mol. The van der Waals surface area contributed by atoms with Crippen LogP contribution in [0, 0.1) is 5.92 Å². The number of alkyl halides is 3. The highest BCUT2D eigenvalue weighted by molar-refractivity contribution is 5.87. The Balaban J connectivity index is 1.75. The first-order chi connectivity index (χ1) is 14.7. The number of aryl methyl sites for hydroxylation is 1. The number of carbonyl (C=O) groups excluding carboxylic acids is 1. The van der Waals surface area contributed by atoms with Gasteiger partial charge in [0.2, 0.25) is 0 Å². The van der Waals surface area contributed by atoms with E-state index in [0.29, 0.717) is 11.3 Å². The summed E-state index contributed by atoms with van der Waals surface area (Å²) in [7, 11) is 0. The Morgan fingerprint density at radius 2 is 1.87 bits per heavy atom. The number of fused-ring (bicyclic) bond motifs is 1. The highest BCUT2D eigenvalue weighted by atomic mass is 19.4. The van der Waals surface area contributed by atoms with Gasteiger partial charge in [-0.3, -0.25) is 0 Å². The van der Waals surface area contributed by atoms with E-state index < -0.39 is 31.3 Å². The van der Waals surface area contributed by atoms with E-state index in [1.165, 1.54) is 6.92 Å².